The molecule has 1 saturated heterocycles. The van der Waals surface area contributed by atoms with Crippen molar-refractivity contribution in [2.75, 3.05) is 11.9 Å². The third-order valence-electron chi connectivity index (χ3n) is 3.94. The van der Waals surface area contributed by atoms with E-state index < -0.39 is 17.8 Å². The highest BCUT2D eigenvalue weighted by molar-refractivity contribution is 6.31. The van der Waals surface area contributed by atoms with E-state index in [1.807, 2.05) is 35.8 Å². The summed E-state index contributed by atoms with van der Waals surface area (Å²) in [5, 5.41) is 6.75. The molecule has 0 atom stereocenters. The molecular formula is C20H17N3O5. The van der Waals surface area contributed by atoms with Crippen LogP contribution in [0.1, 0.15) is 11.1 Å². The van der Waals surface area contributed by atoms with E-state index in [1.54, 1.807) is 30.3 Å². The SMILES string of the molecule is Cc1ccccc1NC(=O)COc1ccccc1C=C1C(=O)NC(=O)NC1=O. The van der Waals surface area contributed by atoms with Crippen molar-refractivity contribution in [3.8, 4) is 5.75 Å². The molecule has 1 fully saturated rings. The number of nitrogens with one attached hydrogen (secondary N) is 3. The van der Waals surface area contributed by atoms with Crippen LogP contribution in [0, 0.1) is 6.92 Å². The van der Waals surface area contributed by atoms with E-state index in [1.165, 1.54) is 6.08 Å². The zero-order valence-electron chi connectivity index (χ0n) is 14.9. The quantitative estimate of drug-likeness (QED) is 0.541. The van der Waals surface area contributed by atoms with Crippen LogP contribution >= 0.6 is 0 Å². The van der Waals surface area contributed by atoms with Crippen molar-refractivity contribution in [1.82, 2.24) is 10.6 Å². The fraction of sp³-hybridized carbons (Fsp3) is 0.100. The molecule has 0 unspecified atom stereocenters. The maximum absolute atomic E-state index is 12.2. The number of anilines is 1. The van der Waals surface area contributed by atoms with Crippen LogP contribution in [0.3, 0.4) is 0 Å². The van der Waals surface area contributed by atoms with Crippen LogP contribution < -0.4 is 20.7 Å². The van der Waals surface area contributed by atoms with Crippen molar-refractivity contribution in [1.29, 1.82) is 0 Å². The number of hydrogen-bond acceptors (Lipinski definition) is 5. The Morgan fingerprint density at radius 2 is 1.64 bits per heavy atom. The molecule has 0 saturated carbocycles. The van der Waals surface area contributed by atoms with E-state index in [0.29, 0.717) is 17.0 Å². The van der Waals surface area contributed by atoms with Gasteiger partial charge in [0.2, 0.25) is 0 Å². The zero-order chi connectivity index (χ0) is 20.1. The maximum Gasteiger partial charge on any atom is 0.328 e. The first-order chi connectivity index (χ1) is 13.4. The summed E-state index contributed by atoms with van der Waals surface area (Å²) in [6, 6.07) is 13.1. The molecular weight excluding hydrogens is 362 g/mol. The van der Waals surface area contributed by atoms with Crippen molar-refractivity contribution in [3.05, 3.63) is 65.2 Å². The summed E-state index contributed by atoms with van der Waals surface area (Å²) >= 11 is 0. The van der Waals surface area contributed by atoms with Gasteiger partial charge in [-0.15, -0.1) is 0 Å². The summed E-state index contributed by atoms with van der Waals surface area (Å²) in [6.45, 7) is 1.62. The number of urea groups is 1. The zero-order valence-corrected chi connectivity index (χ0v) is 14.9. The van der Waals surface area contributed by atoms with Crippen LogP contribution in [-0.4, -0.2) is 30.4 Å². The molecule has 0 radical (unpaired) electrons. The summed E-state index contributed by atoms with van der Waals surface area (Å²) in [4.78, 5) is 47.0. The summed E-state index contributed by atoms with van der Waals surface area (Å²) < 4.78 is 5.56. The first-order valence-electron chi connectivity index (χ1n) is 8.39. The molecule has 0 spiro atoms. The monoisotopic (exact) mass is 379 g/mol. The molecule has 2 aromatic rings. The van der Waals surface area contributed by atoms with Crippen molar-refractivity contribution in [2.45, 2.75) is 6.92 Å². The molecule has 3 N–H and O–H groups in total. The number of carbonyl (C=O) groups excluding carboxylic acids is 4. The third kappa shape index (κ3) is 4.42. The number of benzene rings is 2. The van der Waals surface area contributed by atoms with Crippen LogP contribution in [0.5, 0.6) is 5.75 Å². The molecule has 1 heterocycles. The molecule has 8 heteroatoms. The first kappa shape index (κ1) is 18.8. The summed E-state index contributed by atoms with van der Waals surface area (Å²) in [5.41, 5.74) is 1.79. The van der Waals surface area contributed by atoms with Crippen LogP contribution in [0.4, 0.5) is 10.5 Å². The summed E-state index contributed by atoms with van der Waals surface area (Å²) in [5.74, 6) is -1.65. The standard InChI is InChI=1S/C20H17N3O5/c1-12-6-2-4-8-15(12)21-17(24)11-28-16-9-5-3-7-13(16)10-14-18(25)22-20(27)23-19(14)26/h2-10H,11H2,1H3,(H,21,24)(H2,22,23,25,26,27). The van der Waals surface area contributed by atoms with Gasteiger partial charge in [0.25, 0.3) is 17.7 Å². The van der Waals surface area contributed by atoms with Crippen molar-refractivity contribution < 1.29 is 23.9 Å². The normalized spacial score (nSPS) is 13.5. The molecule has 28 heavy (non-hydrogen) atoms. The van der Waals surface area contributed by atoms with Crippen molar-refractivity contribution >= 4 is 35.5 Å². The average Bonchev–Trinajstić information content (AvgIpc) is 2.65. The van der Waals surface area contributed by atoms with E-state index >= 15 is 0 Å². The molecule has 1 aliphatic heterocycles. The number of amides is 5. The number of ether oxygens (including phenoxy) is 1. The Balaban J connectivity index is 1.72. The van der Waals surface area contributed by atoms with Gasteiger partial charge >= 0.3 is 6.03 Å². The minimum Gasteiger partial charge on any atom is -0.483 e. The van der Waals surface area contributed by atoms with E-state index in [2.05, 4.69) is 5.32 Å². The minimum absolute atomic E-state index is 0.236. The van der Waals surface area contributed by atoms with Gasteiger partial charge in [-0.25, -0.2) is 4.79 Å². The van der Waals surface area contributed by atoms with Gasteiger partial charge in [0.15, 0.2) is 6.61 Å². The lowest BCUT2D eigenvalue weighted by atomic mass is 10.1. The number of aryl methyl sites for hydroxylation is 1. The minimum atomic E-state index is -0.871. The Morgan fingerprint density at radius 1 is 1.00 bits per heavy atom. The number of barbiturate groups is 1. The molecule has 8 nitrogen and oxygen atoms in total. The Kier molecular flexibility index (Phi) is 5.50. The van der Waals surface area contributed by atoms with Gasteiger partial charge in [-0.1, -0.05) is 36.4 Å². The van der Waals surface area contributed by atoms with Gasteiger partial charge in [0.1, 0.15) is 11.3 Å². The fourth-order valence-electron chi connectivity index (χ4n) is 2.54. The maximum atomic E-state index is 12.2. The average molecular weight is 379 g/mol. The van der Waals surface area contributed by atoms with E-state index in [9.17, 15) is 19.2 Å². The Bertz CT molecular complexity index is 975. The molecule has 5 amide bonds. The Morgan fingerprint density at radius 3 is 2.36 bits per heavy atom. The van der Waals surface area contributed by atoms with Gasteiger partial charge in [-0.05, 0) is 30.7 Å². The number of para-hydroxylation sites is 2. The molecule has 0 aromatic heterocycles. The second-order valence-corrected chi connectivity index (χ2v) is 5.98. The van der Waals surface area contributed by atoms with Gasteiger partial charge in [0, 0.05) is 11.3 Å². The molecule has 0 aliphatic carbocycles. The highest BCUT2D eigenvalue weighted by atomic mass is 16.5. The molecule has 3 rings (SSSR count). The Labute approximate surface area is 160 Å². The highest BCUT2D eigenvalue weighted by Crippen LogP contribution is 2.22. The Hall–Kier alpha value is -3.94. The number of carbonyl (C=O) groups is 4. The van der Waals surface area contributed by atoms with Crippen molar-refractivity contribution in [3.63, 3.8) is 0 Å². The van der Waals surface area contributed by atoms with Crippen LogP contribution in [-0.2, 0) is 14.4 Å². The van der Waals surface area contributed by atoms with Crippen LogP contribution in [0.15, 0.2) is 54.1 Å². The van der Waals surface area contributed by atoms with Crippen LogP contribution in [0.2, 0.25) is 0 Å². The summed E-state index contributed by atoms with van der Waals surface area (Å²) in [7, 11) is 0. The molecule has 1 aliphatic rings. The first-order valence-corrected chi connectivity index (χ1v) is 8.39. The van der Waals surface area contributed by atoms with E-state index in [0.717, 1.165) is 5.56 Å². The second kappa shape index (κ2) is 8.17. The molecule has 142 valence electrons. The second-order valence-electron chi connectivity index (χ2n) is 5.98. The lowest BCUT2D eigenvalue weighted by Crippen LogP contribution is -2.51. The lowest BCUT2D eigenvalue weighted by molar-refractivity contribution is -0.124. The topological polar surface area (TPSA) is 114 Å². The number of hydrogen-bond donors (Lipinski definition) is 3. The lowest BCUT2D eigenvalue weighted by Gasteiger charge is -2.15. The predicted octanol–water partition coefficient (Wildman–Crippen LogP) is 1.76. The number of imide groups is 2. The van der Waals surface area contributed by atoms with Crippen LogP contribution in [0.25, 0.3) is 6.08 Å². The summed E-state index contributed by atoms with van der Waals surface area (Å²) in [6.07, 6.45) is 1.30. The molecule has 0 bridgehead atoms. The van der Waals surface area contributed by atoms with Gasteiger partial charge in [0.05, 0.1) is 0 Å². The van der Waals surface area contributed by atoms with Gasteiger partial charge in [-0.2, -0.15) is 0 Å². The van der Waals surface area contributed by atoms with E-state index in [4.69, 9.17) is 4.74 Å². The molecule has 2 aromatic carbocycles. The highest BCUT2D eigenvalue weighted by Gasteiger charge is 2.28. The third-order valence-corrected chi connectivity index (χ3v) is 3.94. The smallest absolute Gasteiger partial charge is 0.328 e. The fourth-order valence-corrected chi connectivity index (χ4v) is 2.54. The van der Waals surface area contributed by atoms with Gasteiger partial charge < -0.3 is 10.1 Å². The van der Waals surface area contributed by atoms with Crippen molar-refractivity contribution in [2.24, 2.45) is 0 Å². The van der Waals surface area contributed by atoms with E-state index in [-0.39, 0.29) is 18.1 Å². The number of rotatable bonds is 5. The largest absolute Gasteiger partial charge is 0.483 e. The predicted molar refractivity (Wildman–Crippen MR) is 101 cm³/mol. The van der Waals surface area contributed by atoms with Gasteiger partial charge in [-0.3, -0.25) is 25.0 Å².